The predicted molar refractivity (Wildman–Crippen MR) is 112 cm³/mol. The van der Waals surface area contributed by atoms with Crippen molar-refractivity contribution in [1.82, 2.24) is 15.0 Å². The van der Waals surface area contributed by atoms with Crippen LogP contribution < -0.4 is 5.32 Å². The van der Waals surface area contributed by atoms with Crippen molar-refractivity contribution in [2.75, 3.05) is 11.6 Å². The van der Waals surface area contributed by atoms with Gasteiger partial charge in [0.25, 0.3) is 5.91 Å². The first-order valence-electron chi connectivity index (χ1n) is 8.99. The number of oxazole rings is 1. The highest BCUT2D eigenvalue weighted by Crippen LogP contribution is 2.27. The van der Waals surface area contributed by atoms with Crippen molar-refractivity contribution >= 4 is 32.5 Å². The van der Waals surface area contributed by atoms with Crippen LogP contribution in [0.15, 0.2) is 58.2 Å². The molecule has 0 aliphatic carbocycles. The maximum Gasteiger partial charge on any atom is 0.257 e. The van der Waals surface area contributed by atoms with Gasteiger partial charge in [0.2, 0.25) is 5.89 Å². The number of carbonyl (C=O) groups is 1. The molecule has 0 radical (unpaired) electrons. The van der Waals surface area contributed by atoms with Gasteiger partial charge in [0.1, 0.15) is 17.3 Å². The van der Waals surface area contributed by atoms with Crippen LogP contribution in [0.3, 0.4) is 0 Å². The molecule has 0 spiro atoms. The third kappa shape index (κ3) is 4.12. The first-order chi connectivity index (χ1) is 14.7. The van der Waals surface area contributed by atoms with Crippen LogP contribution in [0.2, 0.25) is 0 Å². The Labute approximate surface area is 177 Å². The van der Waals surface area contributed by atoms with Crippen molar-refractivity contribution in [3.63, 3.8) is 0 Å². The van der Waals surface area contributed by atoms with E-state index in [-0.39, 0.29) is 16.2 Å². The normalized spacial score (nSPS) is 11.3. The van der Waals surface area contributed by atoms with E-state index >= 15 is 0 Å². The molecule has 4 rings (SSSR count). The Kier molecular flexibility index (Phi) is 4.96. The molecule has 0 saturated carbocycles. The van der Waals surface area contributed by atoms with Gasteiger partial charge in [-0.2, -0.15) is 5.26 Å². The zero-order chi connectivity index (χ0) is 22.2. The van der Waals surface area contributed by atoms with E-state index in [1.54, 1.807) is 36.7 Å². The van der Waals surface area contributed by atoms with Gasteiger partial charge in [-0.3, -0.25) is 9.78 Å². The Morgan fingerprint density at radius 2 is 1.97 bits per heavy atom. The average Bonchev–Trinajstić information content (AvgIpc) is 3.16. The number of nitriles is 1. The number of amides is 1. The molecule has 4 aromatic rings. The molecule has 0 fully saturated rings. The van der Waals surface area contributed by atoms with Gasteiger partial charge in [-0.15, -0.1) is 0 Å². The minimum Gasteiger partial charge on any atom is -0.436 e. The number of nitrogens with zero attached hydrogens (tertiary/aromatic N) is 4. The molecular weight excluding hydrogens is 418 g/mol. The predicted octanol–water partition coefficient (Wildman–Crippen LogP) is 3.12. The summed E-state index contributed by atoms with van der Waals surface area (Å²) in [6, 6.07) is 9.69. The Morgan fingerprint density at radius 3 is 2.68 bits per heavy atom. The third-order valence-electron chi connectivity index (χ3n) is 4.39. The lowest BCUT2D eigenvalue weighted by atomic mass is 10.2. The summed E-state index contributed by atoms with van der Waals surface area (Å²) in [4.78, 5) is 24.8. The zero-order valence-corrected chi connectivity index (χ0v) is 17.3. The number of hydrogen-bond acceptors (Lipinski definition) is 8. The average molecular weight is 433 g/mol. The summed E-state index contributed by atoms with van der Waals surface area (Å²) in [6.07, 6.45) is 5.34. The topological polar surface area (TPSA) is 139 Å². The highest BCUT2D eigenvalue weighted by Gasteiger charge is 2.21. The number of carbonyl (C=O) groups excluding carboxylic acids is 1. The van der Waals surface area contributed by atoms with Crippen molar-refractivity contribution in [1.29, 1.82) is 5.26 Å². The van der Waals surface area contributed by atoms with E-state index < -0.39 is 15.7 Å². The van der Waals surface area contributed by atoms with Crippen LogP contribution in [0.1, 0.15) is 21.6 Å². The number of rotatable bonds is 4. The fourth-order valence-corrected chi connectivity index (χ4v) is 3.77. The van der Waals surface area contributed by atoms with Crippen LogP contribution in [0.25, 0.3) is 22.6 Å². The van der Waals surface area contributed by atoms with Gasteiger partial charge in [0.05, 0.1) is 16.0 Å². The highest BCUT2D eigenvalue weighted by molar-refractivity contribution is 7.90. The molecule has 0 aliphatic rings. The lowest BCUT2D eigenvalue weighted by Gasteiger charge is -2.09. The number of hydrogen-bond donors (Lipinski definition) is 1. The number of aryl methyl sites for hydroxylation is 1. The fourth-order valence-electron chi connectivity index (χ4n) is 2.98. The first kappa shape index (κ1) is 20.2. The minimum atomic E-state index is -3.73. The Morgan fingerprint density at radius 1 is 1.16 bits per heavy atom. The molecule has 31 heavy (non-hydrogen) atoms. The molecule has 9 nitrogen and oxygen atoms in total. The number of benzene rings is 1. The number of pyridine rings is 2. The van der Waals surface area contributed by atoms with Gasteiger partial charge in [-0.25, -0.2) is 18.4 Å². The maximum absolute atomic E-state index is 12.8. The third-order valence-corrected chi connectivity index (χ3v) is 5.52. The molecule has 0 saturated heterocycles. The Hall–Kier alpha value is -4.10. The first-order valence-corrected chi connectivity index (χ1v) is 10.9. The number of fused-ring (bicyclic) bond motifs is 1. The summed E-state index contributed by atoms with van der Waals surface area (Å²) in [6.45, 7) is 1.91. The van der Waals surface area contributed by atoms with Gasteiger partial charge >= 0.3 is 0 Å². The van der Waals surface area contributed by atoms with Crippen molar-refractivity contribution in [2.24, 2.45) is 0 Å². The van der Waals surface area contributed by atoms with Gasteiger partial charge in [-0.1, -0.05) is 0 Å². The van der Waals surface area contributed by atoms with Gasteiger partial charge < -0.3 is 9.73 Å². The highest BCUT2D eigenvalue weighted by atomic mass is 32.2. The van der Waals surface area contributed by atoms with E-state index in [4.69, 9.17) is 9.68 Å². The summed E-state index contributed by atoms with van der Waals surface area (Å²) in [5, 5.41) is 11.7. The van der Waals surface area contributed by atoms with Gasteiger partial charge in [0, 0.05) is 30.5 Å². The number of sulfone groups is 1. The standard InChI is InChI=1S/C21H15N5O4S/c1-12-5-13(10-23-9-12)21-26-17-7-14(3-4-18(17)30-21)25-20(27)16-6-15(8-22)24-11-19(16)31(2,28)29/h3-7,9-11H,1-2H3,(H,25,27). The summed E-state index contributed by atoms with van der Waals surface area (Å²) in [7, 11) is -3.73. The van der Waals surface area contributed by atoms with Crippen molar-refractivity contribution in [3.05, 3.63) is 65.7 Å². The zero-order valence-electron chi connectivity index (χ0n) is 16.4. The molecule has 1 N–H and O–H groups in total. The lowest BCUT2D eigenvalue weighted by Crippen LogP contribution is -2.17. The van der Waals surface area contributed by atoms with E-state index in [9.17, 15) is 13.2 Å². The van der Waals surface area contributed by atoms with E-state index in [0.717, 1.165) is 29.6 Å². The summed E-state index contributed by atoms with van der Waals surface area (Å²) < 4.78 is 29.8. The fraction of sp³-hybridized carbons (Fsp3) is 0.0952. The van der Waals surface area contributed by atoms with E-state index in [0.29, 0.717) is 22.7 Å². The van der Waals surface area contributed by atoms with Crippen LogP contribution in [-0.2, 0) is 9.84 Å². The lowest BCUT2D eigenvalue weighted by molar-refractivity contribution is 0.102. The molecule has 0 bridgehead atoms. The molecular formula is C21H15N5O4S. The second-order valence-electron chi connectivity index (χ2n) is 6.86. The van der Waals surface area contributed by atoms with Crippen molar-refractivity contribution in [2.45, 2.75) is 11.8 Å². The molecule has 3 aromatic heterocycles. The molecule has 0 atom stereocenters. The smallest absolute Gasteiger partial charge is 0.257 e. The largest absolute Gasteiger partial charge is 0.436 e. The molecule has 0 aliphatic heterocycles. The van der Waals surface area contributed by atoms with E-state index in [2.05, 4.69) is 20.3 Å². The molecule has 0 unspecified atom stereocenters. The van der Waals surface area contributed by atoms with Crippen LogP contribution in [0.4, 0.5) is 5.69 Å². The molecule has 1 amide bonds. The van der Waals surface area contributed by atoms with Crippen molar-refractivity contribution in [3.8, 4) is 17.5 Å². The monoisotopic (exact) mass is 433 g/mol. The van der Waals surface area contributed by atoms with Crippen LogP contribution in [0.5, 0.6) is 0 Å². The van der Waals surface area contributed by atoms with Crippen molar-refractivity contribution < 1.29 is 17.6 Å². The molecule has 10 heteroatoms. The second-order valence-corrected chi connectivity index (χ2v) is 8.84. The number of aromatic nitrogens is 3. The van der Waals surface area contributed by atoms with E-state index in [1.807, 2.05) is 13.0 Å². The van der Waals surface area contributed by atoms with E-state index in [1.165, 1.54) is 0 Å². The SMILES string of the molecule is Cc1cncc(-c2nc3cc(NC(=O)c4cc(C#N)ncc4S(C)(=O)=O)ccc3o2)c1. The maximum atomic E-state index is 12.8. The Bertz CT molecular complexity index is 1490. The van der Waals surface area contributed by atoms with Crippen LogP contribution in [0, 0.1) is 18.3 Å². The summed E-state index contributed by atoms with van der Waals surface area (Å²) in [5.74, 6) is -0.299. The Balaban J connectivity index is 1.68. The van der Waals surface area contributed by atoms with Crippen LogP contribution >= 0.6 is 0 Å². The summed E-state index contributed by atoms with van der Waals surface area (Å²) >= 11 is 0. The second kappa shape index (κ2) is 7.62. The van der Waals surface area contributed by atoms with Crippen LogP contribution in [-0.4, -0.2) is 35.5 Å². The quantitative estimate of drug-likeness (QED) is 0.518. The van der Waals surface area contributed by atoms with Gasteiger partial charge in [-0.05, 0) is 42.8 Å². The molecule has 1 aromatic carbocycles. The number of nitrogens with one attached hydrogen (secondary N) is 1. The van der Waals surface area contributed by atoms with Gasteiger partial charge in [0.15, 0.2) is 15.4 Å². The molecule has 154 valence electrons. The molecule has 3 heterocycles. The summed E-state index contributed by atoms with van der Waals surface area (Å²) in [5.41, 5.74) is 2.85. The minimum absolute atomic E-state index is 0.0686. The number of anilines is 1.